The van der Waals surface area contributed by atoms with Crippen LogP contribution in [0.1, 0.15) is 41.6 Å². The second-order valence-corrected chi connectivity index (χ2v) is 11.5. The number of hydrogen-bond donors (Lipinski definition) is 4. The van der Waals surface area contributed by atoms with E-state index in [0.717, 1.165) is 42.9 Å². The van der Waals surface area contributed by atoms with Crippen molar-refractivity contribution in [1.82, 2.24) is 15.5 Å². The Hall–Kier alpha value is -3.94. The molecule has 3 aliphatic rings. The zero-order valence-electron chi connectivity index (χ0n) is 21.8. The lowest BCUT2D eigenvalue weighted by molar-refractivity contribution is -0.427. The van der Waals surface area contributed by atoms with Crippen LogP contribution in [0.5, 0.6) is 0 Å². The molecule has 2 fully saturated rings. The number of nitrogens with zero attached hydrogens (tertiary/aromatic N) is 3. The van der Waals surface area contributed by atoms with Crippen LogP contribution in [0.4, 0.5) is 22.5 Å². The molecule has 1 saturated heterocycles. The van der Waals surface area contributed by atoms with Crippen molar-refractivity contribution >= 4 is 50.0 Å². The molecule has 0 radical (unpaired) electrons. The highest BCUT2D eigenvalue weighted by molar-refractivity contribution is 7.22. The van der Waals surface area contributed by atoms with E-state index in [1.807, 2.05) is 6.07 Å². The van der Waals surface area contributed by atoms with Crippen molar-refractivity contribution < 1.29 is 24.2 Å². The van der Waals surface area contributed by atoms with E-state index in [1.165, 1.54) is 24.0 Å². The van der Waals surface area contributed by atoms with Crippen molar-refractivity contribution in [3.8, 4) is 11.3 Å². The molecule has 0 unspecified atom stereocenters. The smallest absolute Gasteiger partial charge is 0.255 e. The highest BCUT2D eigenvalue weighted by Gasteiger charge is 2.29. The molecule has 2 aliphatic heterocycles. The normalized spacial score (nSPS) is 20.9. The van der Waals surface area contributed by atoms with E-state index in [0.29, 0.717) is 64.8 Å². The number of aromatic nitrogens is 2. The van der Waals surface area contributed by atoms with Crippen LogP contribution in [0.25, 0.3) is 21.5 Å². The Bertz CT molecular complexity index is 1640. The van der Waals surface area contributed by atoms with Gasteiger partial charge in [0.15, 0.2) is 5.58 Å². The molecule has 0 bridgehead atoms. The quantitative estimate of drug-likeness (QED) is 0.274. The van der Waals surface area contributed by atoms with Crippen molar-refractivity contribution in [1.29, 1.82) is 0 Å². The van der Waals surface area contributed by atoms with Crippen molar-refractivity contribution in [2.75, 3.05) is 41.8 Å². The summed E-state index contributed by atoms with van der Waals surface area (Å²) in [4.78, 5) is 32.3. The average Bonchev–Trinajstić information content (AvgIpc) is 3.69. The molecular weight excluding hydrogens is 534 g/mol. The van der Waals surface area contributed by atoms with Crippen LogP contribution >= 0.6 is 11.3 Å². The van der Waals surface area contributed by atoms with E-state index in [2.05, 4.69) is 31.7 Å². The van der Waals surface area contributed by atoms with Crippen molar-refractivity contribution in [2.24, 2.45) is 0 Å². The van der Waals surface area contributed by atoms with Crippen LogP contribution in [-0.2, 0) is 11.3 Å². The van der Waals surface area contributed by atoms with Gasteiger partial charge in [-0.25, -0.2) is 4.98 Å². The summed E-state index contributed by atoms with van der Waals surface area (Å²) in [7, 11) is 0. The van der Waals surface area contributed by atoms with E-state index >= 15 is 0 Å². The van der Waals surface area contributed by atoms with E-state index in [9.17, 15) is 9.59 Å². The first-order chi connectivity index (χ1) is 19.5. The van der Waals surface area contributed by atoms with Gasteiger partial charge in [-0.2, -0.15) is 0 Å². The lowest BCUT2D eigenvalue weighted by Crippen LogP contribution is -2.68. The fraction of sp³-hybridized carbons (Fsp3) is 0.407. The Labute approximate surface area is 232 Å². The van der Waals surface area contributed by atoms with Crippen LogP contribution in [0.2, 0.25) is 0 Å². The molecule has 0 spiro atoms. The van der Waals surface area contributed by atoms with E-state index in [-0.39, 0.29) is 23.0 Å². The molecule has 1 aliphatic carbocycles. The summed E-state index contributed by atoms with van der Waals surface area (Å²) >= 11 is 1.48. The first-order valence-corrected chi connectivity index (χ1v) is 14.4. The maximum atomic E-state index is 12.8. The van der Waals surface area contributed by atoms with Gasteiger partial charge in [-0.1, -0.05) is 11.6 Å². The highest BCUT2D eigenvalue weighted by atomic mass is 32.1. The van der Waals surface area contributed by atoms with Crippen molar-refractivity contribution in [2.45, 2.75) is 44.3 Å². The van der Waals surface area contributed by atoms with Crippen LogP contribution < -0.4 is 32.0 Å². The summed E-state index contributed by atoms with van der Waals surface area (Å²) < 4.78 is 17.4. The molecule has 6 heterocycles. The summed E-state index contributed by atoms with van der Waals surface area (Å²) in [6.45, 7) is 3.13. The number of ether oxygens (including phenoxy) is 1. The van der Waals surface area contributed by atoms with Gasteiger partial charge in [-0.15, -0.1) is 11.3 Å². The predicted molar refractivity (Wildman–Crippen MR) is 150 cm³/mol. The summed E-state index contributed by atoms with van der Waals surface area (Å²) in [6, 6.07) is 5.80. The topological polar surface area (TPSA) is 162 Å². The highest BCUT2D eigenvalue weighted by Crippen LogP contribution is 2.37. The molecule has 4 aromatic heterocycles. The summed E-state index contributed by atoms with van der Waals surface area (Å²) in [5.74, 6) is 1.22. The van der Waals surface area contributed by atoms with Gasteiger partial charge in [0.1, 0.15) is 29.6 Å². The number of quaternary nitrogens is 1. The van der Waals surface area contributed by atoms with Crippen molar-refractivity contribution in [3.05, 3.63) is 45.8 Å². The molecule has 1 saturated carbocycles. The molecule has 208 valence electrons. The number of pyridine rings is 1. The summed E-state index contributed by atoms with van der Waals surface area (Å²) in [5, 5.41) is 14.7. The van der Waals surface area contributed by atoms with Crippen LogP contribution in [0, 0.1) is 0 Å². The third-order valence-corrected chi connectivity index (χ3v) is 8.99. The molecule has 4 aromatic rings. The van der Waals surface area contributed by atoms with Crippen LogP contribution in [0.3, 0.4) is 0 Å². The minimum Gasteiger partial charge on any atom is -0.459 e. The van der Waals surface area contributed by atoms with Crippen LogP contribution in [0.15, 0.2) is 38.2 Å². The summed E-state index contributed by atoms with van der Waals surface area (Å²) in [5.41, 5.74) is 6.93. The van der Waals surface area contributed by atoms with E-state index in [4.69, 9.17) is 18.7 Å². The van der Waals surface area contributed by atoms with Gasteiger partial charge in [0.2, 0.25) is 11.3 Å². The number of carbonyl (C=O) groups excluding carboxylic acids is 1. The zero-order valence-corrected chi connectivity index (χ0v) is 22.6. The lowest BCUT2D eigenvalue weighted by Gasteiger charge is -2.27. The maximum absolute atomic E-state index is 12.8. The zero-order chi connectivity index (χ0) is 27.2. The lowest BCUT2D eigenvalue weighted by atomic mass is 9.91. The Morgan fingerprint density at radius 1 is 1.12 bits per heavy atom. The third-order valence-electron chi connectivity index (χ3n) is 7.79. The minimum atomic E-state index is -0.190. The fourth-order valence-electron chi connectivity index (χ4n) is 5.63. The van der Waals surface area contributed by atoms with E-state index < -0.39 is 0 Å². The Morgan fingerprint density at radius 2 is 1.98 bits per heavy atom. The molecule has 12 nitrogen and oxygen atoms in total. The maximum Gasteiger partial charge on any atom is 0.255 e. The van der Waals surface area contributed by atoms with Crippen LogP contribution in [-0.4, -0.2) is 54.4 Å². The molecule has 40 heavy (non-hydrogen) atoms. The number of morpholine rings is 1. The number of anilines is 4. The molecular formula is C27H30N7O5S+. The number of amides is 1. The largest absolute Gasteiger partial charge is 0.459 e. The number of rotatable bonds is 6. The summed E-state index contributed by atoms with van der Waals surface area (Å²) in [6.07, 6.45) is 6.00. The van der Waals surface area contributed by atoms with Gasteiger partial charge >= 0.3 is 0 Å². The standard InChI is InChI=1S/C27H29N7O5S/c28-16-3-1-2-4-17(16)30-20-9-14-12-29-27(36)23(14)26(31-20)32-21-10-18(33-39-21)15-13-38-24-19(35)11-22(40-25(15)24)34-5-7-37-8-6-34/h9-11,13,16-17H,1-8,12,28H2,(H,29,36)(H2,30,31,32)/p+1/t16-,17+/m1/s1. The molecule has 1 amide bonds. The van der Waals surface area contributed by atoms with E-state index in [1.54, 1.807) is 12.1 Å². The van der Waals surface area contributed by atoms with Gasteiger partial charge in [-0.05, 0) is 24.5 Å². The molecule has 7 rings (SSSR count). The van der Waals surface area contributed by atoms with Gasteiger partial charge in [0, 0.05) is 38.2 Å². The second kappa shape index (κ2) is 10.2. The Morgan fingerprint density at radius 3 is 2.83 bits per heavy atom. The SMILES string of the molecule is [NH3+][C@@H]1CCCC[C@@H]1Nc1cc2c(c(Nc3cc(-c4coc5c(=O)cc(N6CCOCC6)sc45)no3)n1)C(=O)NC2. The van der Waals surface area contributed by atoms with Gasteiger partial charge in [-0.3, -0.25) is 9.59 Å². The first kappa shape index (κ1) is 25.1. The molecule has 6 N–H and O–H groups in total. The molecule has 13 heteroatoms. The molecule has 0 aromatic carbocycles. The number of nitrogens with one attached hydrogen (secondary N) is 3. The number of fused-ring (bicyclic) bond motifs is 2. The second-order valence-electron chi connectivity index (χ2n) is 10.4. The minimum absolute atomic E-state index is 0.180. The van der Waals surface area contributed by atoms with Gasteiger partial charge < -0.3 is 40.3 Å². The van der Waals surface area contributed by atoms with Crippen molar-refractivity contribution in [3.63, 3.8) is 0 Å². The monoisotopic (exact) mass is 564 g/mol. The Kier molecular flexibility index (Phi) is 6.41. The number of carbonyl (C=O) groups is 1. The fourth-order valence-corrected chi connectivity index (χ4v) is 6.82. The Balaban J connectivity index is 1.19. The first-order valence-electron chi connectivity index (χ1n) is 13.6. The predicted octanol–water partition coefficient (Wildman–Crippen LogP) is 2.69. The number of furan rings is 1. The molecule has 2 atom stereocenters. The number of hydrogen-bond acceptors (Lipinski definition) is 11. The third kappa shape index (κ3) is 4.59. The van der Waals surface area contributed by atoms with Gasteiger partial charge in [0.05, 0.1) is 40.1 Å². The van der Waals surface area contributed by atoms with Gasteiger partial charge in [0.25, 0.3) is 5.91 Å². The average molecular weight is 565 g/mol.